The smallest absolute Gasteiger partial charge is 0.214 e. The number of aryl methyl sites for hydroxylation is 1. The van der Waals surface area contributed by atoms with E-state index in [1.165, 1.54) is 5.56 Å². The molecule has 0 saturated heterocycles. The van der Waals surface area contributed by atoms with Gasteiger partial charge in [-0.05, 0) is 53.6 Å². The van der Waals surface area contributed by atoms with Crippen molar-refractivity contribution in [1.29, 1.82) is 0 Å². The topological polar surface area (TPSA) is 74.1 Å². The van der Waals surface area contributed by atoms with E-state index >= 15 is 0 Å². The van der Waals surface area contributed by atoms with Crippen LogP contribution in [-0.4, -0.2) is 39.1 Å². The molecule has 0 saturated carbocycles. The SMILES string of the molecule is CCOc1cc(CNCCSc2nnnn2-c2ccccc2)c(Cl)cc1OCc1cccc(C)c1. The van der Waals surface area contributed by atoms with Gasteiger partial charge in [0.25, 0.3) is 0 Å². The standard InChI is InChI=1S/C26H28ClN5O2S/c1-3-33-24-15-21(23(27)16-25(24)34-18-20-9-7-8-19(2)14-20)17-28-12-13-35-26-29-30-31-32(26)22-10-5-4-6-11-22/h4-11,14-16,28H,3,12-13,17-18H2,1-2H3. The maximum atomic E-state index is 6.58. The van der Waals surface area contributed by atoms with Crippen LogP contribution in [0.25, 0.3) is 5.69 Å². The third-order valence-corrected chi connectivity index (χ3v) is 6.43. The Morgan fingerprint density at radius 2 is 1.83 bits per heavy atom. The molecule has 9 heteroatoms. The van der Waals surface area contributed by atoms with E-state index in [2.05, 4.69) is 39.9 Å². The van der Waals surface area contributed by atoms with Crippen molar-refractivity contribution in [2.24, 2.45) is 0 Å². The van der Waals surface area contributed by atoms with E-state index in [1.54, 1.807) is 16.4 Å². The number of rotatable bonds is 12. The minimum absolute atomic E-state index is 0.454. The van der Waals surface area contributed by atoms with Crippen LogP contribution in [-0.2, 0) is 13.2 Å². The zero-order chi connectivity index (χ0) is 24.5. The molecule has 182 valence electrons. The van der Waals surface area contributed by atoms with Crippen molar-refractivity contribution in [2.75, 3.05) is 18.9 Å². The first-order valence-electron chi connectivity index (χ1n) is 11.4. The maximum Gasteiger partial charge on any atom is 0.214 e. The summed E-state index contributed by atoms with van der Waals surface area (Å²) in [6.45, 7) is 6.39. The van der Waals surface area contributed by atoms with Gasteiger partial charge in [-0.25, -0.2) is 0 Å². The lowest BCUT2D eigenvalue weighted by atomic mass is 10.1. The molecule has 0 unspecified atom stereocenters. The van der Waals surface area contributed by atoms with Crippen molar-refractivity contribution in [3.63, 3.8) is 0 Å². The van der Waals surface area contributed by atoms with Gasteiger partial charge in [-0.1, -0.05) is 71.4 Å². The minimum Gasteiger partial charge on any atom is -0.490 e. The first-order chi connectivity index (χ1) is 17.1. The molecule has 4 aromatic rings. The third kappa shape index (κ3) is 6.97. The van der Waals surface area contributed by atoms with Crippen LogP contribution in [0.15, 0.2) is 71.9 Å². The average Bonchev–Trinajstić information content (AvgIpc) is 3.34. The van der Waals surface area contributed by atoms with E-state index in [0.717, 1.165) is 34.3 Å². The van der Waals surface area contributed by atoms with Crippen LogP contribution >= 0.6 is 23.4 Å². The number of nitrogens with one attached hydrogen (secondary N) is 1. The second kappa shape index (κ2) is 12.6. The highest BCUT2D eigenvalue weighted by Crippen LogP contribution is 2.34. The first kappa shape index (κ1) is 25.0. The lowest BCUT2D eigenvalue weighted by Gasteiger charge is -2.15. The van der Waals surface area contributed by atoms with Gasteiger partial charge in [0.1, 0.15) is 6.61 Å². The summed E-state index contributed by atoms with van der Waals surface area (Å²) >= 11 is 8.17. The molecule has 1 aromatic heterocycles. The van der Waals surface area contributed by atoms with Crippen molar-refractivity contribution in [3.05, 3.63) is 88.4 Å². The average molecular weight is 510 g/mol. The Hall–Kier alpha value is -3.07. The van der Waals surface area contributed by atoms with Crippen LogP contribution in [0.4, 0.5) is 0 Å². The van der Waals surface area contributed by atoms with Crippen molar-refractivity contribution in [3.8, 4) is 17.2 Å². The number of hydrogen-bond donors (Lipinski definition) is 1. The molecule has 7 nitrogen and oxygen atoms in total. The maximum absolute atomic E-state index is 6.58. The van der Waals surface area contributed by atoms with Gasteiger partial charge >= 0.3 is 0 Å². The minimum atomic E-state index is 0.454. The summed E-state index contributed by atoms with van der Waals surface area (Å²) < 4.78 is 13.6. The Bertz CT molecular complexity index is 1240. The molecule has 0 fully saturated rings. The Morgan fingerprint density at radius 1 is 1.00 bits per heavy atom. The molecule has 0 bridgehead atoms. The second-order valence-corrected chi connectivity index (χ2v) is 9.30. The molecule has 3 aromatic carbocycles. The number of nitrogens with zero attached hydrogens (tertiary/aromatic N) is 4. The van der Waals surface area contributed by atoms with Gasteiger partial charge in [0.2, 0.25) is 5.16 Å². The predicted octanol–water partition coefficient (Wildman–Crippen LogP) is 5.48. The van der Waals surface area contributed by atoms with E-state index in [4.69, 9.17) is 21.1 Å². The number of ether oxygens (including phenoxy) is 2. The van der Waals surface area contributed by atoms with Crippen molar-refractivity contribution < 1.29 is 9.47 Å². The van der Waals surface area contributed by atoms with Gasteiger partial charge in [-0.3, -0.25) is 0 Å². The number of thioether (sulfide) groups is 1. The van der Waals surface area contributed by atoms with E-state index in [9.17, 15) is 0 Å². The summed E-state index contributed by atoms with van der Waals surface area (Å²) in [7, 11) is 0. The number of halogens is 1. The lowest BCUT2D eigenvalue weighted by Crippen LogP contribution is -2.17. The van der Waals surface area contributed by atoms with Crippen LogP contribution < -0.4 is 14.8 Å². The van der Waals surface area contributed by atoms with E-state index in [0.29, 0.717) is 36.3 Å². The lowest BCUT2D eigenvalue weighted by molar-refractivity contribution is 0.269. The molecule has 0 atom stereocenters. The number of aromatic nitrogens is 4. The Labute approximate surface area is 214 Å². The fraction of sp³-hybridized carbons (Fsp3) is 0.269. The molecule has 1 heterocycles. The zero-order valence-electron chi connectivity index (χ0n) is 19.8. The van der Waals surface area contributed by atoms with Crippen LogP contribution in [0.1, 0.15) is 23.6 Å². The largest absolute Gasteiger partial charge is 0.490 e. The van der Waals surface area contributed by atoms with Gasteiger partial charge in [-0.2, -0.15) is 4.68 Å². The molecular formula is C26H28ClN5O2S. The zero-order valence-corrected chi connectivity index (χ0v) is 21.4. The van der Waals surface area contributed by atoms with Crippen LogP contribution in [0.3, 0.4) is 0 Å². The normalized spacial score (nSPS) is 10.9. The summed E-state index contributed by atoms with van der Waals surface area (Å²) in [4.78, 5) is 0. The number of tetrazole rings is 1. The first-order valence-corrected chi connectivity index (χ1v) is 12.8. The molecule has 4 rings (SSSR count). The van der Waals surface area contributed by atoms with Crippen molar-refractivity contribution in [1.82, 2.24) is 25.5 Å². The van der Waals surface area contributed by atoms with Gasteiger partial charge < -0.3 is 14.8 Å². The van der Waals surface area contributed by atoms with Crippen LogP contribution in [0.2, 0.25) is 5.02 Å². The second-order valence-electron chi connectivity index (χ2n) is 7.84. The van der Waals surface area contributed by atoms with E-state index in [-0.39, 0.29) is 0 Å². The molecule has 0 amide bonds. The summed E-state index contributed by atoms with van der Waals surface area (Å²) in [6.07, 6.45) is 0. The highest BCUT2D eigenvalue weighted by atomic mass is 35.5. The molecule has 0 radical (unpaired) electrons. The van der Waals surface area contributed by atoms with E-state index in [1.807, 2.05) is 61.5 Å². The molecule has 0 spiro atoms. The van der Waals surface area contributed by atoms with E-state index < -0.39 is 0 Å². The molecule has 1 N–H and O–H groups in total. The molecule has 0 aliphatic rings. The van der Waals surface area contributed by atoms with Gasteiger partial charge in [0.15, 0.2) is 11.5 Å². The fourth-order valence-electron chi connectivity index (χ4n) is 3.49. The highest BCUT2D eigenvalue weighted by molar-refractivity contribution is 7.99. The van der Waals surface area contributed by atoms with Crippen molar-refractivity contribution in [2.45, 2.75) is 32.2 Å². The van der Waals surface area contributed by atoms with Crippen LogP contribution in [0.5, 0.6) is 11.5 Å². The van der Waals surface area contributed by atoms with Gasteiger partial charge in [0.05, 0.1) is 12.3 Å². The highest BCUT2D eigenvalue weighted by Gasteiger charge is 2.12. The number of hydrogen-bond acceptors (Lipinski definition) is 7. The number of para-hydroxylation sites is 1. The Balaban J connectivity index is 1.31. The Morgan fingerprint density at radius 3 is 2.63 bits per heavy atom. The van der Waals surface area contributed by atoms with Crippen molar-refractivity contribution >= 4 is 23.4 Å². The molecule has 0 aliphatic heterocycles. The summed E-state index contributed by atoms with van der Waals surface area (Å²) in [5.74, 6) is 2.14. The summed E-state index contributed by atoms with van der Waals surface area (Å²) in [6, 6.07) is 21.9. The summed E-state index contributed by atoms with van der Waals surface area (Å²) in [5.41, 5.74) is 4.19. The van der Waals surface area contributed by atoms with Gasteiger partial charge in [-0.15, -0.1) is 5.10 Å². The number of benzene rings is 3. The monoisotopic (exact) mass is 509 g/mol. The fourth-order valence-corrected chi connectivity index (χ4v) is 4.50. The third-order valence-electron chi connectivity index (χ3n) is 5.16. The van der Waals surface area contributed by atoms with Crippen LogP contribution in [0, 0.1) is 6.92 Å². The summed E-state index contributed by atoms with van der Waals surface area (Å²) in [5, 5.41) is 16.9. The van der Waals surface area contributed by atoms with Gasteiger partial charge in [0, 0.05) is 29.9 Å². The molecule has 35 heavy (non-hydrogen) atoms. The molecule has 0 aliphatic carbocycles. The Kier molecular flexibility index (Phi) is 9.00. The predicted molar refractivity (Wildman–Crippen MR) is 140 cm³/mol. The molecular weight excluding hydrogens is 482 g/mol. The quantitative estimate of drug-likeness (QED) is 0.200.